The van der Waals surface area contributed by atoms with Gasteiger partial charge in [0.15, 0.2) is 0 Å². The van der Waals surface area contributed by atoms with E-state index in [1.54, 1.807) is 22.7 Å². The van der Waals surface area contributed by atoms with Crippen LogP contribution in [0.2, 0.25) is 0 Å². The molecule has 0 spiro atoms. The van der Waals surface area contributed by atoms with Crippen molar-refractivity contribution in [2.24, 2.45) is 0 Å². The number of aromatic nitrogens is 1. The topological polar surface area (TPSA) is 24.9 Å². The summed E-state index contributed by atoms with van der Waals surface area (Å²) in [6.45, 7) is 5.04. The maximum absolute atomic E-state index is 5.66. The van der Waals surface area contributed by atoms with Crippen LogP contribution in [0.4, 0.5) is 0 Å². The fraction of sp³-hybridized carbons (Fsp3) is 0.182. The fourth-order valence-corrected chi connectivity index (χ4v) is 2.92. The molecule has 0 fully saturated rings. The van der Waals surface area contributed by atoms with E-state index >= 15 is 0 Å². The third-order valence-corrected chi connectivity index (χ3v) is 3.80. The van der Waals surface area contributed by atoms with Crippen LogP contribution in [-0.2, 0) is 6.54 Å². The number of hydrogen-bond acceptors (Lipinski definition) is 4. The summed E-state index contributed by atoms with van der Waals surface area (Å²) in [5.41, 5.74) is 1.20. The SMILES string of the molecule is C=C(Cl)CNCc1cnc(-c2ccsc2)s1. The molecule has 0 bridgehead atoms. The van der Waals surface area contributed by atoms with E-state index in [-0.39, 0.29) is 0 Å². The smallest absolute Gasteiger partial charge is 0.124 e. The Morgan fingerprint density at radius 1 is 1.56 bits per heavy atom. The Morgan fingerprint density at radius 2 is 2.44 bits per heavy atom. The molecule has 0 radical (unpaired) electrons. The second kappa shape index (κ2) is 5.59. The van der Waals surface area contributed by atoms with Gasteiger partial charge >= 0.3 is 0 Å². The molecule has 0 aliphatic heterocycles. The van der Waals surface area contributed by atoms with E-state index in [4.69, 9.17) is 11.6 Å². The minimum atomic E-state index is 0.627. The normalized spacial score (nSPS) is 10.6. The molecule has 2 nitrogen and oxygen atoms in total. The van der Waals surface area contributed by atoms with E-state index in [1.165, 1.54) is 10.4 Å². The second-order valence-electron chi connectivity index (χ2n) is 3.26. The molecule has 0 saturated heterocycles. The molecule has 2 rings (SSSR count). The minimum Gasteiger partial charge on any atom is -0.307 e. The first-order valence-electron chi connectivity index (χ1n) is 4.77. The molecule has 0 saturated carbocycles. The highest BCUT2D eigenvalue weighted by atomic mass is 35.5. The summed E-state index contributed by atoms with van der Waals surface area (Å²) in [4.78, 5) is 5.59. The summed E-state index contributed by atoms with van der Waals surface area (Å²) in [6, 6.07) is 2.08. The Labute approximate surface area is 108 Å². The van der Waals surface area contributed by atoms with Gasteiger partial charge in [-0.1, -0.05) is 18.2 Å². The highest BCUT2D eigenvalue weighted by molar-refractivity contribution is 7.15. The molecule has 16 heavy (non-hydrogen) atoms. The van der Waals surface area contributed by atoms with Crippen molar-refractivity contribution in [1.29, 1.82) is 0 Å². The molecule has 2 aromatic rings. The lowest BCUT2D eigenvalue weighted by Gasteiger charge is -1.98. The van der Waals surface area contributed by atoms with Crippen LogP contribution in [0.5, 0.6) is 0 Å². The van der Waals surface area contributed by atoms with Crippen molar-refractivity contribution >= 4 is 34.3 Å². The quantitative estimate of drug-likeness (QED) is 0.896. The molecular weight excluding hydrogens is 260 g/mol. The Hall–Kier alpha value is -0.680. The summed E-state index contributed by atoms with van der Waals surface area (Å²) >= 11 is 9.05. The molecule has 0 atom stereocenters. The Morgan fingerprint density at radius 3 is 3.12 bits per heavy atom. The standard InChI is InChI=1S/C11H11ClN2S2/c1-8(12)4-13-5-10-6-14-11(16-10)9-2-3-15-7-9/h2-3,6-7,13H,1,4-5H2. The monoisotopic (exact) mass is 270 g/mol. The number of thiazole rings is 1. The molecule has 0 aromatic carbocycles. The molecule has 84 valence electrons. The van der Waals surface area contributed by atoms with Crippen molar-refractivity contribution in [3.8, 4) is 10.6 Å². The fourth-order valence-electron chi connectivity index (χ4n) is 1.23. The molecule has 0 aliphatic carbocycles. The largest absolute Gasteiger partial charge is 0.307 e. The number of nitrogens with one attached hydrogen (secondary N) is 1. The summed E-state index contributed by atoms with van der Waals surface area (Å²) in [6.07, 6.45) is 1.90. The van der Waals surface area contributed by atoms with Gasteiger partial charge in [-0.2, -0.15) is 11.3 Å². The molecule has 2 aromatic heterocycles. The third-order valence-electron chi connectivity index (χ3n) is 1.94. The summed E-state index contributed by atoms with van der Waals surface area (Å²) in [7, 11) is 0. The maximum atomic E-state index is 5.66. The van der Waals surface area contributed by atoms with Crippen LogP contribution in [0.15, 0.2) is 34.6 Å². The first kappa shape index (κ1) is 11.8. The van der Waals surface area contributed by atoms with Crippen molar-refractivity contribution < 1.29 is 0 Å². The highest BCUT2D eigenvalue weighted by Gasteiger charge is 2.04. The van der Waals surface area contributed by atoms with Crippen LogP contribution >= 0.6 is 34.3 Å². The number of hydrogen-bond donors (Lipinski definition) is 1. The first-order valence-corrected chi connectivity index (χ1v) is 6.90. The van der Waals surface area contributed by atoms with E-state index in [0.29, 0.717) is 11.6 Å². The summed E-state index contributed by atoms with van der Waals surface area (Å²) in [5.74, 6) is 0. The lowest BCUT2D eigenvalue weighted by molar-refractivity contribution is 0.763. The number of halogens is 1. The van der Waals surface area contributed by atoms with E-state index < -0.39 is 0 Å². The molecule has 0 aliphatic rings. The highest BCUT2D eigenvalue weighted by Crippen LogP contribution is 2.26. The molecule has 0 unspecified atom stereocenters. The van der Waals surface area contributed by atoms with Crippen molar-refractivity contribution in [3.05, 3.63) is 39.5 Å². The van der Waals surface area contributed by atoms with E-state index in [9.17, 15) is 0 Å². The maximum Gasteiger partial charge on any atom is 0.124 e. The van der Waals surface area contributed by atoms with Gasteiger partial charge in [0.25, 0.3) is 0 Å². The summed E-state index contributed by atoms with van der Waals surface area (Å²) < 4.78 is 0. The Balaban J connectivity index is 1.95. The Bertz CT molecular complexity index is 462. The number of nitrogens with zero attached hydrogens (tertiary/aromatic N) is 1. The van der Waals surface area contributed by atoms with Crippen LogP contribution < -0.4 is 5.32 Å². The number of thiophene rings is 1. The molecule has 5 heteroatoms. The van der Waals surface area contributed by atoms with E-state index in [0.717, 1.165) is 11.6 Å². The van der Waals surface area contributed by atoms with Gasteiger partial charge in [-0.25, -0.2) is 4.98 Å². The van der Waals surface area contributed by atoms with Gasteiger partial charge in [0, 0.05) is 40.1 Å². The van der Waals surface area contributed by atoms with Crippen LogP contribution in [-0.4, -0.2) is 11.5 Å². The van der Waals surface area contributed by atoms with Gasteiger partial charge in [0.2, 0.25) is 0 Å². The van der Waals surface area contributed by atoms with E-state index in [2.05, 4.69) is 33.7 Å². The van der Waals surface area contributed by atoms with Gasteiger partial charge in [-0.15, -0.1) is 11.3 Å². The summed E-state index contributed by atoms with van der Waals surface area (Å²) in [5, 5.41) is 9.07. The van der Waals surface area contributed by atoms with Crippen molar-refractivity contribution in [2.45, 2.75) is 6.54 Å². The minimum absolute atomic E-state index is 0.627. The predicted molar refractivity (Wildman–Crippen MR) is 72.1 cm³/mol. The lowest BCUT2D eigenvalue weighted by Crippen LogP contribution is -2.13. The molecule has 1 N–H and O–H groups in total. The van der Waals surface area contributed by atoms with Crippen molar-refractivity contribution in [1.82, 2.24) is 10.3 Å². The Kier molecular flexibility index (Phi) is 4.12. The molecular formula is C11H11ClN2S2. The van der Waals surface area contributed by atoms with Gasteiger partial charge in [-0.3, -0.25) is 0 Å². The second-order valence-corrected chi connectivity index (χ2v) is 5.69. The predicted octanol–water partition coefficient (Wildman–Crippen LogP) is 3.71. The van der Waals surface area contributed by atoms with Crippen molar-refractivity contribution in [3.63, 3.8) is 0 Å². The van der Waals surface area contributed by atoms with Gasteiger partial charge in [-0.05, 0) is 11.4 Å². The average Bonchev–Trinajstić information content (AvgIpc) is 2.85. The van der Waals surface area contributed by atoms with Crippen LogP contribution in [0, 0.1) is 0 Å². The van der Waals surface area contributed by atoms with Gasteiger partial charge in [0.05, 0.1) is 0 Å². The number of rotatable bonds is 5. The zero-order valence-corrected chi connectivity index (χ0v) is 11.0. The first-order chi connectivity index (χ1) is 7.75. The van der Waals surface area contributed by atoms with E-state index in [1.807, 2.05) is 6.20 Å². The average molecular weight is 271 g/mol. The lowest BCUT2D eigenvalue weighted by atomic mass is 10.4. The molecule has 0 amide bonds. The zero-order chi connectivity index (χ0) is 11.4. The van der Waals surface area contributed by atoms with Crippen LogP contribution in [0.1, 0.15) is 4.88 Å². The third kappa shape index (κ3) is 3.15. The zero-order valence-electron chi connectivity index (χ0n) is 8.57. The van der Waals surface area contributed by atoms with Crippen LogP contribution in [0.3, 0.4) is 0 Å². The van der Waals surface area contributed by atoms with Crippen molar-refractivity contribution in [2.75, 3.05) is 6.54 Å². The van der Waals surface area contributed by atoms with Crippen LogP contribution in [0.25, 0.3) is 10.6 Å². The molecule has 2 heterocycles. The van der Waals surface area contributed by atoms with Gasteiger partial charge < -0.3 is 5.32 Å². The van der Waals surface area contributed by atoms with Gasteiger partial charge in [0.1, 0.15) is 5.01 Å².